The molecule has 2 atom stereocenters. The van der Waals surface area contributed by atoms with Crippen molar-refractivity contribution < 1.29 is 31.6 Å². The molecule has 0 aliphatic carbocycles. The van der Waals surface area contributed by atoms with E-state index in [1.165, 1.54) is 27.7 Å². The predicted octanol–water partition coefficient (Wildman–Crippen LogP) is 4.19. The fourth-order valence-electron chi connectivity index (χ4n) is 1.96. The number of hydrogen-bond acceptors (Lipinski definition) is 4. The van der Waals surface area contributed by atoms with E-state index in [2.05, 4.69) is 25.4 Å². The van der Waals surface area contributed by atoms with Gasteiger partial charge >= 0.3 is 11.9 Å². The van der Waals surface area contributed by atoms with Gasteiger partial charge in [0.15, 0.2) is 5.54 Å². The highest BCUT2D eigenvalue weighted by Crippen LogP contribution is 2.42. The standard InChI is InChI=1S/C16H20BrF4NO3S/c1-6-25-13(23)16(20,21)15(5,22-26(24)14(2,3)4)9-7-10(17)12(19)8-11(9)18/h7-8,22H,6H2,1-5H3/t15-,26-/m1/s1. The number of hydrogen-bond donors (Lipinski definition) is 1. The van der Waals surface area contributed by atoms with E-state index in [4.69, 9.17) is 0 Å². The number of esters is 1. The summed E-state index contributed by atoms with van der Waals surface area (Å²) in [4.78, 5) is 11.9. The molecule has 0 aliphatic heterocycles. The minimum Gasteiger partial charge on any atom is -0.598 e. The van der Waals surface area contributed by atoms with Crippen LogP contribution in [0.5, 0.6) is 0 Å². The summed E-state index contributed by atoms with van der Waals surface area (Å²) < 4.78 is 75.5. The van der Waals surface area contributed by atoms with Crippen LogP contribution >= 0.6 is 15.9 Å². The van der Waals surface area contributed by atoms with E-state index in [0.29, 0.717) is 6.07 Å². The average molecular weight is 462 g/mol. The maximum Gasteiger partial charge on any atom is 0.379 e. The second-order valence-corrected chi connectivity index (χ2v) is 9.47. The van der Waals surface area contributed by atoms with Crippen molar-refractivity contribution in [3.8, 4) is 0 Å². The lowest BCUT2D eigenvalue weighted by Crippen LogP contribution is -2.62. The second kappa shape index (κ2) is 8.04. The highest BCUT2D eigenvalue weighted by molar-refractivity contribution is 9.10. The first-order chi connectivity index (χ1) is 11.7. The number of carbonyl (C=O) groups excluding carboxylic acids is 1. The summed E-state index contributed by atoms with van der Waals surface area (Å²) in [7, 11) is 0. The lowest BCUT2D eigenvalue weighted by atomic mass is 9.86. The van der Waals surface area contributed by atoms with Crippen LogP contribution in [0.3, 0.4) is 0 Å². The van der Waals surface area contributed by atoms with Gasteiger partial charge in [-0.15, -0.1) is 4.72 Å². The van der Waals surface area contributed by atoms with Gasteiger partial charge in [-0.25, -0.2) is 13.6 Å². The van der Waals surface area contributed by atoms with E-state index in [0.717, 1.165) is 13.0 Å². The molecule has 0 fully saturated rings. The third-order valence-electron chi connectivity index (χ3n) is 3.56. The summed E-state index contributed by atoms with van der Waals surface area (Å²) in [6.07, 6.45) is 0. The van der Waals surface area contributed by atoms with E-state index >= 15 is 0 Å². The molecule has 0 radical (unpaired) electrons. The minimum atomic E-state index is -4.30. The molecule has 0 heterocycles. The Bertz CT molecular complexity index is 684. The molecule has 0 spiro atoms. The Hall–Kier alpha value is -0.840. The van der Waals surface area contributed by atoms with E-state index < -0.39 is 50.7 Å². The summed E-state index contributed by atoms with van der Waals surface area (Å²) in [5.41, 5.74) is -3.50. The second-order valence-electron chi connectivity index (χ2n) is 6.65. The zero-order valence-corrected chi connectivity index (χ0v) is 17.3. The van der Waals surface area contributed by atoms with Crippen molar-refractivity contribution in [1.82, 2.24) is 4.72 Å². The minimum absolute atomic E-state index is 0.289. The average Bonchev–Trinajstić information content (AvgIpc) is 2.49. The van der Waals surface area contributed by atoms with Crippen LogP contribution < -0.4 is 4.72 Å². The highest BCUT2D eigenvalue weighted by atomic mass is 79.9. The fraction of sp³-hybridized carbons (Fsp3) is 0.562. The van der Waals surface area contributed by atoms with Crippen molar-refractivity contribution in [3.05, 3.63) is 33.8 Å². The first kappa shape index (κ1) is 23.2. The molecule has 4 nitrogen and oxygen atoms in total. The van der Waals surface area contributed by atoms with Crippen LogP contribution in [0.25, 0.3) is 0 Å². The molecule has 1 rings (SSSR count). The monoisotopic (exact) mass is 461 g/mol. The summed E-state index contributed by atoms with van der Waals surface area (Å²) in [5.74, 6) is -8.55. The van der Waals surface area contributed by atoms with Gasteiger partial charge in [-0.1, -0.05) is 0 Å². The molecule has 0 saturated carbocycles. The van der Waals surface area contributed by atoms with Crippen LogP contribution in [0.2, 0.25) is 0 Å². The quantitative estimate of drug-likeness (QED) is 0.298. The zero-order chi connectivity index (χ0) is 20.5. The topological polar surface area (TPSA) is 61.4 Å². The van der Waals surface area contributed by atoms with Gasteiger partial charge in [-0.2, -0.15) is 8.78 Å². The SMILES string of the molecule is CCOC(=O)C(F)(F)[C@](C)(N[S@+]([O-])C(C)(C)C)c1cc(Br)c(F)cc1F. The van der Waals surface area contributed by atoms with E-state index in [1.54, 1.807) is 0 Å². The zero-order valence-electron chi connectivity index (χ0n) is 14.9. The molecule has 1 aromatic rings. The number of ether oxygens (including phenoxy) is 1. The Morgan fingerprint density at radius 1 is 1.23 bits per heavy atom. The molecule has 0 aliphatic rings. The normalized spacial score (nSPS) is 16.1. The number of nitrogens with one attached hydrogen (secondary N) is 1. The summed E-state index contributed by atoms with van der Waals surface area (Å²) in [6, 6.07) is 1.19. The Kier molecular flexibility index (Phi) is 7.17. The lowest BCUT2D eigenvalue weighted by molar-refractivity contribution is -0.183. The largest absolute Gasteiger partial charge is 0.598 e. The van der Waals surface area contributed by atoms with Gasteiger partial charge in [-0.05, 0) is 56.6 Å². The van der Waals surface area contributed by atoms with E-state index in [-0.39, 0.29) is 11.1 Å². The van der Waals surface area contributed by atoms with Crippen LogP contribution in [-0.2, 0) is 26.4 Å². The van der Waals surface area contributed by atoms with Crippen LogP contribution in [0.4, 0.5) is 17.6 Å². The Morgan fingerprint density at radius 2 is 1.77 bits per heavy atom. The molecule has 26 heavy (non-hydrogen) atoms. The molecule has 0 bridgehead atoms. The van der Waals surface area contributed by atoms with Crippen molar-refractivity contribution in [2.24, 2.45) is 0 Å². The predicted molar refractivity (Wildman–Crippen MR) is 94.0 cm³/mol. The molecule has 0 unspecified atom stereocenters. The van der Waals surface area contributed by atoms with Crippen molar-refractivity contribution in [3.63, 3.8) is 0 Å². The molecule has 1 aromatic carbocycles. The molecular formula is C16H20BrF4NO3S. The number of alkyl halides is 2. The number of halogens is 5. The summed E-state index contributed by atoms with van der Waals surface area (Å²) >= 11 is 0.699. The van der Waals surface area contributed by atoms with Crippen LogP contribution in [0.1, 0.15) is 40.2 Å². The van der Waals surface area contributed by atoms with Gasteiger partial charge in [0.1, 0.15) is 16.4 Å². The third-order valence-corrected chi connectivity index (χ3v) is 5.88. The first-order valence-corrected chi connectivity index (χ1v) is 9.52. The number of carbonyl (C=O) groups is 1. The lowest BCUT2D eigenvalue weighted by Gasteiger charge is -2.38. The van der Waals surface area contributed by atoms with Crippen LogP contribution in [0.15, 0.2) is 16.6 Å². The van der Waals surface area contributed by atoms with E-state index in [9.17, 15) is 26.9 Å². The number of rotatable bonds is 6. The van der Waals surface area contributed by atoms with Gasteiger partial charge in [0.05, 0.1) is 11.1 Å². The summed E-state index contributed by atoms with van der Waals surface area (Å²) in [5, 5.41) is 0. The van der Waals surface area contributed by atoms with Gasteiger partial charge in [0.25, 0.3) is 0 Å². The highest BCUT2D eigenvalue weighted by Gasteiger charge is 2.62. The molecular weight excluding hydrogens is 442 g/mol. The Morgan fingerprint density at radius 3 is 2.23 bits per heavy atom. The third kappa shape index (κ3) is 4.52. The Balaban J connectivity index is 3.62. The maximum absolute atomic E-state index is 15.0. The molecule has 0 aromatic heterocycles. The van der Waals surface area contributed by atoms with Crippen molar-refractivity contribution >= 4 is 33.3 Å². The molecule has 1 N–H and O–H groups in total. The van der Waals surface area contributed by atoms with Gasteiger partial charge in [-0.3, -0.25) is 0 Å². The van der Waals surface area contributed by atoms with Crippen molar-refractivity contribution in [2.45, 2.75) is 50.8 Å². The molecule has 0 amide bonds. The van der Waals surface area contributed by atoms with Gasteiger partial charge in [0, 0.05) is 23.0 Å². The van der Waals surface area contributed by atoms with Crippen LogP contribution in [-0.4, -0.2) is 27.8 Å². The fourth-order valence-corrected chi connectivity index (χ4v) is 3.22. The molecule has 10 heteroatoms. The van der Waals surface area contributed by atoms with E-state index in [1.807, 2.05) is 0 Å². The molecule has 0 saturated heterocycles. The Labute approximate surface area is 161 Å². The number of benzene rings is 1. The van der Waals surface area contributed by atoms with Crippen molar-refractivity contribution in [2.75, 3.05) is 6.61 Å². The molecule has 148 valence electrons. The van der Waals surface area contributed by atoms with Crippen molar-refractivity contribution in [1.29, 1.82) is 0 Å². The van der Waals surface area contributed by atoms with Gasteiger partial charge in [0.2, 0.25) is 0 Å². The van der Waals surface area contributed by atoms with Crippen LogP contribution in [0, 0.1) is 11.6 Å². The first-order valence-electron chi connectivity index (χ1n) is 7.58. The maximum atomic E-state index is 15.0. The van der Waals surface area contributed by atoms with Gasteiger partial charge < -0.3 is 9.29 Å². The summed E-state index contributed by atoms with van der Waals surface area (Å²) in [6.45, 7) is 6.35. The smallest absolute Gasteiger partial charge is 0.379 e.